The molecule has 11 nitrogen and oxygen atoms in total. The van der Waals surface area contributed by atoms with Gasteiger partial charge in [-0.05, 0) is 47.1 Å². The van der Waals surface area contributed by atoms with Crippen LogP contribution in [0.2, 0.25) is 0 Å². The van der Waals surface area contributed by atoms with Gasteiger partial charge in [0, 0.05) is 37.8 Å². The molecule has 208 valence electrons. The number of nitro benzene ring substituents is 1. The molecule has 0 N–H and O–H groups in total. The second-order valence-corrected chi connectivity index (χ2v) is 12.9. The fourth-order valence-electron chi connectivity index (χ4n) is 5.23. The van der Waals surface area contributed by atoms with Crippen LogP contribution in [0.15, 0.2) is 69.9 Å². The highest BCUT2D eigenvalue weighted by atomic mass is 79.9. The van der Waals surface area contributed by atoms with Crippen molar-refractivity contribution in [3.05, 3.63) is 75.3 Å². The third-order valence-corrected chi connectivity index (χ3v) is 11.3. The van der Waals surface area contributed by atoms with Crippen LogP contribution in [0, 0.1) is 10.1 Å². The van der Waals surface area contributed by atoms with Crippen LogP contribution in [0.1, 0.15) is 6.92 Å². The van der Waals surface area contributed by atoms with E-state index in [-0.39, 0.29) is 11.7 Å². The summed E-state index contributed by atoms with van der Waals surface area (Å²) in [6.07, 6.45) is 0. The molecule has 1 saturated heterocycles. The molecule has 1 fully saturated rings. The number of hydrogen-bond donors (Lipinski definition) is 0. The van der Waals surface area contributed by atoms with Gasteiger partial charge in [-0.3, -0.25) is 15.0 Å². The van der Waals surface area contributed by atoms with Crippen LogP contribution in [0.25, 0.3) is 0 Å². The lowest BCUT2D eigenvalue weighted by Crippen LogP contribution is -2.54. The topological polar surface area (TPSA) is 110 Å². The Morgan fingerprint density at radius 2 is 1.70 bits per heavy atom. The van der Waals surface area contributed by atoms with E-state index < -0.39 is 12.3 Å². The van der Waals surface area contributed by atoms with Gasteiger partial charge in [-0.25, -0.2) is 18.9 Å². The first kappa shape index (κ1) is 26.8. The van der Waals surface area contributed by atoms with E-state index in [2.05, 4.69) is 20.6 Å². The minimum atomic E-state index is -3.14. The zero-order valence-electron chi connectivity index (χ0n) is 21.7. The molecule has 3 aromatic rings. The molecular formula is C27H27BrN5O6P. The van der Waals surface area contributed by atoms with E-state index in [1.807, 2.05) is 54.1 Å². The summed E-state index contributed by atoms with van der Waals surface area (Å²) >= 11 is 3.53. The highest BCUT2D eigenvalue weighted by Crippen LogP contribution is 2.64. The molecule has 2 amide bonds. The number of non-ortho nitro benzene ring substituents is 1. The van der Waals surface area contributed by atoms with Crippen molar-refractivity contribution in [2.75, 3.05) is 55.6 Å². The number of hydrogen-bond acceptors (Lipinski definition) is 7. The van der Waals surface area contributed by atoms with E-state index in [4.69, 9.17) is 19.0 Å². The first-order valence-electron chi connectivity index (χ1n) is 12.9. The SMILES string of the molecule is CCN1C(=O)N(c2ccccc2)P(=Nc2ccc([N+](=O)[O-])cc2Br)(N2CCOCC2)c2cc3c(cc21)OCCO3. The Balaban J connectivity index is 1.73. The molecule has 1 unspecified atom stereocenters. The largest absolute Gasteiger partial charge is 0.486 e. The molecule has 3 aliphatic rings. The average molecular weight is 628 g/mol. The molecule has 6 rings (SSSR count). The molecule has 0 aromatic heterocycles. The van der Waals surface area contributed by atoms with Gasteiger partial charge in [0.15, 0.2) is 18.9 Å². The predicted molar refractivity (Wildman–Crippen MR) is 157 cm³/mol. The lowest BCUT2D eigenvalue weighted by Gasteiger charge is -2.50. The quantitative estimate of drug-likeness (QED) is 0.196. The average Bonchev–Trinajstić information content (AvgIpc) is 2.98. The zero-order chi connectivity index (χ0) is 27.9. The Morgan fingerprint density at radius 1 is 1.00 bits per heavy atom. The minimum absolute atomic E-state index is 0.0543. The van der Waals surface area contributed by atoms with Crippen molar-refractivity contribution in [2.24, 2.45) is 4.74 Å². The predicted octanol–water partition coefficient (Wildman–Crippen LogP) is 5.92. The minimum Gasteiger partial charge on any atom is -0.486 e. The lowest BCUT2D eigenvalue weighted by molar-refractivity contribution is -0.384. The van der Waals surface area contributed by atoms with Gasteiger partial charge in [0.25, 0.3) is 5.69 Å². The third kappa shape index (κ3) is 4.45. The van der Waals surface area contributed by atoms with Gasteiger partial charge in [-0.1, -0.05) is 18.2 Å². The summed E-state index contributed by atoms with van der Waals surface area (Å²) in [5.74, 6) is 1.18. The van der Waals surface area contributed by atoms with Gasteiger partial charge >= 0.3 is 6.03 Å². The lowest BCUT2D eigenvalue weighted by atomic mass is 10.2. The van der Waals surface area contributed by atoms with Gasteiger partial charge < -0.3 is 14.2 Å². The molecule has 1 atom stereocenters. The number of nitrogens with zero attached hydrogens (tertiary/aromatic N) is 5. The molecule has 0 bridgehead atoms. The van der Waals surface area contributed by atoms with E-state index in [0.717, 1.165) is 5.30 Å². The van der Waals surface area contributed by atoms with Crippen LogP contribution in [0.4, 0.5) is 27.5 Å². The highest BCUT2D eigenvalue weighted by molar-refractivity contribution is 9.10. The number of amides is 2. The summed E-state index contributed by atoms with van der Waals surface area (Å²) < 4.78 is 27.6. The van der Waals surface area contributed by atoms with E-state index in [1.54, 1.807) is 11.0 Å². The molecule has 3 aromatic carbocycles. The van der Waals surface area contributed by atoms with Crippen LogP contribution in [0.3, 0.4) is 0 Å². The van der Waals surface area contributed by atoms with Gasteiger partial charge in [0.1, 0.15) is 13.2 Å². The molecule has 13 heteroatoms. The summed E-state index contributed by atoms with van der Waals surface area (Å²) in [7, 11) is -3.14. The number of nitro groups is 1. The third-order valence-electron chi connectivity index (χ3n) is 7.03. The number of para-hydroxylation sites is 1. The number of fused-ring (bicyclic) bond motifs is 2. The number of rotatable bonds is 5. The summed E-state index contributed by atoms with van der Waals surface area (Å²) in [6, 6.07) is 17.6. The number of ether oxygens (including phenoxy) is 3. The van der Waals surface area contributed by atoms with Crippen molar-refractivity contribution < 1.29 is 23.9 Å². The van der Waals surface area contributed by atoms with Gasteiger partial charge in [0.2, 0.25) is 0 Å². The second kappa shape index (κ2) is 10.9. The van der Waals surface area contributed by atoms with Gasteiger partial charge in [0.05, 0.1) is 45.0 Å². The highest BCUT2D eigenvalue weighted by Gasteiger charge is 2.49. The number of anilines is 2. The van der Waals surface area contributed by atoms with E-state index in [0.29, 0.717) is 79.1 Å². The molecule has 3 aliphatic heterocycles. The van der Waals surface area contributed by atoms with Crippen molar-refractivity contribution in [1.29, 1.82) is 0 Å². The summed E-state index contributed by atoms with van der Waals surface area (Å²) in [5.41, 5.74) is 1.87. The van der Waals surface area contributed by atoms with E-state index in [1.165, 1.54) is 12.1 Å². The zero-order valence-corrected chi connectivity index (χ0v) is 24.2. The molecule has 0 saturated carbocycles. The Kier molecular flexibility index (Phi) is 7.26. The Morgan fingerprint density at radius 3 is 2.35 bits per heavy atom. The number of morpholine rings is 1. The van der Waals surface area contributed by atoms with Gasteiger partial charge in [-0.2, -0.15) is 0 Å². The van der Waals surface area contributed by atoms with Crippen LogP contribution in [0.5, 0.6) is 11.5 Å². The fraction of sp³-hybridized carbons (Fsp3) is 0.296. The van der Waals surface area contributed by atoms with Gasteiger partial charge in [-0.15, -0.1) is 0 Å². The number of urea groups is 1. The normalized spacial score (nSPS) is 20.7. The van der Waals surface area contributed by atoms with Crippen molar-refractivity contribution in [2.45, 2.75) is 6.92 Å². The fourth-order valence-corrected chi connectivity index (χ4v) is 9.70. The van der Waals surface area contributed by atoms with Crippen LogP contribution in [-0.2, 0) is 4.74 Å². The van der Waals surface area contributed by atoms with E-state index >= 15 is 0 Å². The van der Waals surface area contributed by atoms with Crippen LogP contribution >= 0.6 is 23.3 Å². The smallest absolute Gasteiger partial charge is 0.334 e. The Labute approximate surface area is 239 Å². The summed E-state index contributed by atoms with van der Waals surface area (Å²) in [6.45, 7) is 5.24. The first-order valence-corrected chi connectivity index (χ1v) is 15.4. The molecule has 40 heavy (non-hydrogen) atoms. The molecule has 0 aliphatic carbocycles. The monoisotopic (exact) mass is 627 g/mol. The van der Waals surface area contributed by atoms with Crippen molar-refractivity contribution in [3.8, 4) is 11.5 Å². The van der Waals surface area contributed by atoms with Crippen LogP contribution < -0.4 is 24.3 Å². The Hall–Kier alpha value is -3.44. The standard InChI is InChI=1S/C27H27BrN5O6P/c1-2-31-23-17-24-25(39-15-14-38-24)18-26(23)40(30-10-12-37-13-11-30,32(27(31)34)19-6-4-3-5-7-19)29-22-9-8-20(33(35)36)16-21(22)28/h3-9,16-18H,2,10-15H2,1H3. The summed E-state index contributed by atoms with van der Waals surface area (Å²) in [4.78, 5) is 27.3. The molecular weight excluding hydrogens is 601 g/mol. The van der Waals surface area contributed by atoms with E-state index in [9.17, 15) is 14.9 Å². The maximum absolute atomic E-state index is 14.6. The maximum atomic E-state index is 14.6. The first-order chi connectivity index (χ1) is 19.4. The van der Waals surface area contributed by atoms with Crippen LogP contribution in [-0.4, -0.2) is 61.7 Å². The molecule has 0 radical (unpaired) electrons. The number of carbonyl (C=O) groups excluding carboxylic acids is 1. The van der Waals surface area contributed by atoms with Crippen molar-refractivity contribution >= 4 is 57.4 Å². The Bertz CT molecular complexity index is 1530. The molecule has 3 heterocycles. The number of halogens is 1. The number of carbonyl (C=O) groups is 1. The second-order valence-electron chi connectivity index (χ2n) is 9.29. The molecule has 0 spiro atoms. The summed E-state index contributed by atoms with van der Waals surface area (Å²) in [5, 5.41) is 12.3. The number of benzene rings is 3. The maximum Gasteiger partial charge on any atom is 0.334 e. The van der Waals surface area contributed by atoms with Crippen molar-refractivity contribution in [1.82, 2.24) is 4.67 Å². The van der Waals surface area contributed by atoms with Crippen molar-refractivity contribution in [3.63, 3.8) is 0 Å².